The first-order valence-electron chi connectivity index (χ1n) is 15.1. The predicted molar refractivity (Wildman–Crippen MR) is 154 cm³/mol. The van der Waals surface area contributed by atoms with E-state index in [-0.39, 0.29) is 41.5 Å². The first-order valence-corrected chi connectivity index (χ1v) is 15.1. The highest BCUT2D eigenvalue weighted by Crippen LogP contribution is 2.32. The molecular formula is C30H37F2N7O4. The number of hydrogen-bond donors (Lipinski definition) is 1. The highest BCUT2D eigenvalue weighted by Gasteiger charge is 2.33. The van der Waals surface area contributed by atoms with Gasteiger partial charge in [0.2, 0.25) is 23.6 Å². The number of amides is 2. The lowest BCUT2D eigenvalue weighted by atomic mass is 9.86. The van der Waals surface area contributed by atoms with Gasteiger partial charge in [0.05, 0.1) is 24.2 Å². The number of aromatic nitrogens is 4. The summed E-state index contributed by atoms with van der Waals surface area (Å²) in [5, 5.41) is 2.95. The van der Waals surface area contributed by atoms with E-state index in [1.54, 1.807) is 30.3 Å². The molecule has 0 unspecified atom stereocenters. The predicted octanol–water partition coefficient (Wildman–Crippen LogP) is 3.65. The Morgan fingerprint density at radius 2 is 1.70 bits per heavy atom. The quantitative estimate of drug-likeness (QED) is 0.439. The number of para-hydroxylation sites is 2. The third kappa shape index (κ3) is 6.56. The second-order valence-electron chi connectivity index (χ2n) is 11.5. The van der Waals surface area contributed by atoms with E-state index in [2.05, 4.69) is 20.3 Å². The number of benzene rings is 1. The number of alkyl halides is 2. The molecule has 43 heavy (non-hydrogen) atoms. The van der Waals surface area contributed by atoms with Crippen molar-refractivity contribution in [1.29, 1.82) is 0 Å². The lowest BCUT2D eigenvalue weighted by Gasteiger charge is -2.36. The molecule has 0 spiro atoms. The molecule has 6 rings (SSSR count). The van der Waals surface area contributed by atoms with Crippen LogP contribution in [-0.2, 0) is 14.3 Å². The summed E-state index contributed by atoms with van der Waals surface area (Å²) in [4.78, 5) is 42.0. The summed E-state index contributed by atoms with van der Waals surface area (Å²) < 4.78 is 41.5. The lowest BCUT2D eigenvalue weighted by molar-refractivity contribution is -0.138. The van der Waals surface area contributed by atoms with Crippen molar-refractivity contribution < 1.29 is 27.8 Å². The maximum absolute atomic E-state index is 14.2. The Hall–Kier alpha value is -3.87. The van der Waals surface area contributed by atoms with Gasteiger partial charge in [0.1, 0.15) is 11.9 Å². The molecule has 2 amide bonds. The number of hydrogen-bond acceptors (Lipinski definition) is 8. The molecule has 0 bridgehead atoms. The summed E-state index contributed by atoms with van der Waals surface area (Å²) >= 11 is 0. The van der Waals surface area contributed by atoms with E-state index in [4.69, 9.17) is 9.47 Å². The van der Waals surface area contributed by atoms with Crippen LogP contribution in [0.25, 0.3) is 16.9 Å². The molecule has 1 N–H and O–H groups in total. The summed E-state index contributed by atoms with van der Waals surface area (Å²) in [7, 11) is 0. The summed E-state index contributed by atoms with van der Waals surface area (Å²) in [5.41, 5.74) is 0.977. The SMILES string of the molecule is CC(=O)NC1CCN(C(=O)[C@H]2CC[C@H](Oc3cc(-n4c(C(F)F)nc5ccccc54)nc(N4CCOCC4)n3)CC2)CC1. The van der Waals surface area contributed by atoms with Gasteiger partial charge in [-0.25, -0.2) is 13.8 Å². The zero-order chi connectivity index (χ0) is 29.9. The van der Waals surface area contributed by atoms with Crippen LogP contribution in [0.5, 0.6) is 5.88 Å². The van der Waals surface area contributed by atoms with Gasteiger partial charge in [0, 0.05) is 51.1 Å². The zero-order valence-electron chi connectivity index (χ0n) is 24.3. The Kier molecular flexibility index (Phi) is 8.68. The number of carbonyl (C=O) groups excluding carboxylic acids is 2. The van der Waals surface area contributed by atoms with Crippen LogP contribution >= 0.6 is 0 Å². The van der Waals surface area contributed by atoms with Crippen LogP contribution < -0.4 is 15.0 Å². The van der Waals surface area contributed by atoms with Crippen LogP contribution in [0.1, 0.15) is 57.7 Å². The molecule has 1 saturated carbocycles. The van der Waals surface area contributed by atoms with Crippen molar-refractivity contribution in [1.82, 2.24) is 29.7 Å². The van der Waals surface area contributed by atoms with Gasteiger partial charge in [0.15, 0.2) is 5.82 Å². The number of piperidine rings is 1. The first kappa shape index (κ1) is 29.2. The Bertz CT molecular complexity index is 1450. The Labute approximate surface area is 248 Å². The minimum absolute atomic E-state index is 0.0381. The molecule has 3 fully saturated rings. The van der Waals surface area contributed by atoms with Crippen molar-refractivity contribution in [2.75, 3.05) is 44.3 Å². The van der Waals surface area contributed by atoms with E-state index in [0.29, 0.717) is 87.9 Å². The number of halogens is 2. The number of carbonyl (C=O) groups is 2. The fraction of sp³-hybridized carbons (Fsp3) is 0.567. The van der Waals surface area contributed by atoms with Gasteiger partial charge in [-0.3, -0.25) is 14.2 Å². The van der Waals surface area contributed by atoms with E-state index in [9.17, 15) is 18.4 Å². The van der Waals surface area contributed by atoms with E-state index in [0.717, 1.165) is 12.8 Å². The van der Waals surface area contributed by atoms with Crippen molar-refractivity contribution in [3.8, 4) is 11.7 Å². The van der Waals surface area contributed by atoms with Crippen molar-refractivity contribution >= 4 is 28.8 Å². The van der Waals surface area contributed by atoms with Crippen molar-refractivity contribution in [3.63, 3.8) is 0 Å². The van der Waals surface area contributed by atoms with E-state index < -0.39 is 6.43 Å². The largest absolute Gasteiger partial charge is 0.474 e. The Balaban J connectivity index is 1.18. The molecule has 2 aliphatic heterocycles. The number of ether oxygens (including phenoxy) is 2. The first-order chi connectivity index (χ1) is 20.9. The average molecular weight is 598 g/mol. The number of likely N-dealkylation sites (tertiary alicyclic amines) is 1. The molecular weight excluding hydrogens is 560 g/mol. The van der Waals surface area contributed by atoms with Gasteiger partial charge < -0.3 is 24.6 Å². The number of rotatable bonds is 7. The van der Waals surface area contributed by atoms with Gasteiger partial charge in [-0.2, -0.15) is 9.97 Å². The highest BCUT2D eigenvalue weighted by molar-refractivity contribution is 5.79. The van der Waals surface area contributed by atoms with Crippen LogP contribution in [0.15, 0.2) is 30.3 Å². The Morgan fingerprint density at radius 3 is 2.40 bits per heavy atom. The van der Waals surface area contributed by atoms with Gasteiger partial charge in [-0.15, -0.1) is 0 Å². The average Bonchev–Trinajstić information content (AvgIpc) is 3.42. The fourth-order valence-corrected chi connectivity index (χ4v) is 6.30. The Morgan fingerprint density at radius 1 is 0.977 bits per heavy atom. The number of anilines is 1. The highest BCUT2D eigenvalue weighted by atomic mass is 19.3. The van der Waals surface area contributed by atoms with E-state index in [1.165, 1.54) is 11.5 Å². The maximum atomic E-state index is 14.2. The molecule has 230 valence electrons. The van der Waals surface area contributed by atoms with E-state index in [1.807, 2.05) is 9.80 Å². The number of morpholine rings is 1. The number of imidazole rings is 1. The molecule has 3 aliphatic rings. The second kappa shape index (κ2) is 12.8. The smallest absolute Gasteiger partial charge is 0.296 e. The standard InChI is InChI=1S/C30H37F2N7O4/c1-19(40)33-21-10-12-37(13-11-21)29(41)20-6-8-22(9-7-20)43-26-18-25(35-30(36-26)38-14-16-42-17-15-38)39-24-5-3-2-4-23(24)34-28(39)27(31)32/h2-5,18,20-22,27H,6-17H2,1H3,(H,33,40)/t20-,22-. The third-order valence-corrected chi connectivity index (χ3v) is 8.51. The second-order valence-corrected chi connectivity index (χ2v) is 11.5. The molecule has 3 aromatic rings. The monoisotopic (exact) mass is 597 g/mol. The molecule has 2 saturated heterocycles. The van der Waals surface area contributed by atoms with Crippen LogP contribution in [-0.4, -0.2) is 87.8 Å². The van der Waals surface area contributed by atoms with Crippen LogP contribution in [0.4, 0.5) is 14.7 Å². The van der Waals surface area contributed by atoms with Crippen LogP contribution in [0.2, 0.25) is 0 Å². The molecule has 11 nitrogen and oxygen atoms in total. The number of nitrogens with zero attached hydrogens (tertiary/aromatic N) is 6. The third-order valence-electron chi connectivity index (χ3n) is 8.51. The molecule has 13 heteroatoms. The normalized spacial score (nSPS) is 21.8. The summed E-state index contributed by atoms with van der Waals surface area (Å²) in [6.45, 7) is 5.00. The summed E-state index contributed by atoms with van der Waals surface area (Å²) in [6.07, 6.45) is 1.33. The molecule has 1 aromatic carbocycles. The maximum Gasteiger partial charge on any atom is 0.296 e. The van der Waals surface area contributed by atoms with E-state index >= 15 is 0 Å². The van der Waals surface area contributed by atoms with Crippen molar-refractivity contribution in [2.24, 2.45) is 5.92 Å². The number of fused-ring (bicyclic) bond motifs is 1. The molecule has 0 atom stereocenters. The number of nitrogens with one attached hydrogen (secondary N) is 1. The van der Waals surface area contributed by atoms with Crippen LogP contribution in [0.3, 0.4) is 0 Å². The molecule has 2 aromatic heterocycles. The molecule has 1 aliphatic carbocycles. The molecule has 0 radical (unpaired) electrons. The molecule has 4 heterocycles. The van der Waals surface area contributed by atoms with Crippen molar-refractivity contribution in [2.45, 2.75) is 64.0 Å². The van der Waals surface area contributed by atoms with Gasteiger partial charge in [0.25, 0.3) is 6.43 Å². The zero-order valence-corrected chi connectivity index (χ0v) is 24.3. The van der Waals surface area contributed by atoms with Gasteiger partial charge in [-0.1, -0.05) is 12.1 Å². The van der Waals surface area contributed by atoms with Crippen molar-refractivity contribution in [3.05, 3.63) is 36.2 Å². The lowest BCUT2D eigenvalue weighted by Crippen LogP contribution is -2.48. The topological polar surface area (TPSA) is 115 Å². The summed E-state index contributed by atoms with van der Waals surface area (Å²) in [5.74, 6) is 0.641. The van der Waals surface area contributed by atoms with Gasteiger partial charge >= 0.3 is 0 Å². The summed E-state index contributed by atoms with van der Waals surface area (Å²) in [6, 6.07) is 8.71. The minimum atomic E-state index is -2.80. The fourth-order valence-electron chi connectivity index (χ4n) is 6.30. The van der Waals surface area contributed by atoms with Gasteiger partial charge in [-0.05, 0) is 50.7 Å². The van der Waals surface area contributed by atoms with Crippen LogP contribution in [0, 0.1) is 5.92 Å². The minimum Gasteiger partial charge on any atom is -0.474 e.